The highest BCUT2D eigenvalue weighted by Gasteiger charge is 2.18. The maximum atomic E-state index is 12.0. The number of ketones is 1. The molecular weight excluding hydrogens is 218 g/mol. The molecule has 0 fully saturated rings. The highest BCUT2D eigenvalue weighted by Crippen LogP contribution is 2.35. The molecule has 0 atom stereocenters. The van der Waals surface area contributed by atoms with E-state index in [4.69, 9.17) is 9.47 Å². The van der Waals surface area contributed by atoms with Crippen LogP contribution >= 0.6 is 0 Å². The summed E-state index contributed by atoms with van der Waals surface area (Å²) in [5.74, 6) is 1.34. The first kappa shape index (κ1) is 13.5. The van der Waals surface area contributed by atoms with E-state index in [-0.39, 0.29) is 5.78 Å². The summed E-state index contributed by atoms with van der Waals surface area (Å²) < 4.78 is 10.5. The van der Waals surface area contributed by atoms with Gasteiger partial charge in [0.15, 0.2) is 17.3 Å². The van der Waals surface area contributed by atoms with Gasteiger partial charge in [0.1, 0.15) is 0 Å². The molecule has 0 bridgehead atoms. The summed E-state index contributed by atoms with van der Waals surface area (Å²) in [5, 5.41) is 2.86. The molecule has 0 saturated carbocycles. The summed E-state index contributed by atoms with van der Waals surface area (Å²) in [5.41, 5.74) is 2.43. The van der Waals surface area contributed by atoms with Crippen molar-refractivity contribution in [1.82, 2.24) is 5.32 Å². The summed E-state index contributed by atoms with van der Waals surface area (Å²) >= 11 is 0. The number of likely N-dealkylation sites (N-methyl/N-ethyl adjacent to an activating group) is 1. The van der Waals surface area contributed by atoms with E-state index in [0.29, 0.717) is 23.6 Å². The molecule has 0 spiro atoms. The Labute approximate surface area is 102 Å². The number of methoxy groups -OCH3 is 2. The third-order valence-electron chi connectivity index (χ3n) is 2.72. The Kier molecular flexibility index (Phi) is 4.52. The van der Waals surface area contributed by atoms with Crippen LogP contribution in [0.4, 0.5) is 0 Å². The summed E-state index contributed by atoms with van der Waals surface area (Å²) in [6.07, 6.45) is 0. The van der Waals surface area contributed by atoms with Gasteiger partial charge in [0.05, 0.1) is 20.8 Å². The van der Waals surface area contributed by atoms with Crippen molar-refractivity contribution in [1.29, 1.82) is 0 Å². The molecule has 0 aliphatic heterocycles. The Morgan fingerprint density at radius 1 is 1.29 bits per heavy atom. The Bertz CT molecular complexity index is 427. The van der Waals surface area contributed by atoms with E-state index in [1.165, 1.54) is 0 Å². The number of hydrogen-bond acceptors (Lipinski definition) is 4. The molecule has 1 N–H and O–H groups in total. The van der Waals surface area contributed by atoms with E-state index < -0.39 is 0 Å². The van der Waals surface area contributed by atoms with Gasteiger partial charge in [-0.15, -0.1) is 0 Å². The summed E-state index contributed by atoms with van der Waals surface area (Å²) in [7, 11) is 4.92. The largest absolute Gasteiger partial charge is 0.493 e. The average molecular weight is 237 g/mol. The quantitative estimate of drug-likeness (QED) is 0.792. The van der Waals surface area contributed by atoms with Crippen molar-refractivity contribution in [2.24, 2.45) is 0 Å². The minimum Gasteiger partial charge on any atom is -0.493 e. The van der Waals surface area contributed by atoms with Crippen LogP contribution < -0.4 is 14.8 Å². The lowest BCUT2D eigenvalue weighted by atomic mass is 9.97. The van der Waals surface area contributed by atoms with Crippen molar-refractivity contribution in [3.05, 3.63) is 22.8 Å². The first-order valence-corrected chi connectivity index (χ1v) is 5.46. The molecule has 0 aliphatic rings. The van der Waals surface area contributed by atoms with Crippen molar-refractivity contribution >= 4 is 5.78 Å². The van der Waals surface area contributed by atoms with Crippen molar-refractivity contribution in [2.45, 2.75) is 13.8 Å². The molecule has 4 nitrogen and oxygen atoms in total. The molecule has 0 aromatic heterocycles. The molecule has 0 aliphatic carbocycles. The molecule has 1 aromatic rings. The predicted molar refractivity (Wildman–Crippen MR) is 67.3 cm³/mol. The van der Waals surface area contributed by atoms with Crippen LogP contribution in [-0.2, 0) is 0 Å². The van der Waals surface area contributed by atoms with Crippen LogP contribution in [-0.4, -0.2) is 33.6 Å². The van der Waals surface area contributed by atoms with Gasteiger partial charge in [0.2, 0.25) is 0 Å². The zero-order valence-corrected chi connectivity index (χ0v) is 11.0. The number of Topliss-reactive ketones (excluding diaryl/α,β-unsaturated/α-hetero) is 1. The highest BCUT2D eigenvalue weighted by molar-refractivity contribution is 6.01. The van der Waals surface area contributed by atoms with Gasteiger partial charge in [-0.1, -0.05) is 0 Å². The molecule has 0 radical (unpaired) electrons. The normalized spacial score (nSPS) is 10.2. The second-order valence-corrected chi connectivity index (χ2v) is 3.88. The van der Waals surface area contributed by atoms with Crippen LogP contribution in [0.5, 0.6) is 11.5 Å². The van der Waals surface area contributed by atoms with Gasteiger partial charge in [-0.25, -0.2) is 0 Å². The Balaban J connectivity index is 3.36. The van der Waals surface area contributed by atoms with E-state index in [0.717, 1.165) is 11.1 Å². The van der Waals surface area contributed by atoms with E-state index in [9.17, 15) is 4.79 Å². The molecule has 1 aromatic carbocycles. The van der Waals surface area contributed by atoms with Gasteiger partial charge >= 0.3 is 0 Å². The molecule has 94 valence electrons. The zero-order valence-electron chi connectivity index (χ0n) is 11.0. The van der Waals surface area contributed by atoms with Gasteiger partial charge in [-0.3, -0.25) is 4.79 Å². The monoisotopic (exact) mass is 237 g/mol. The van der Waals surface area contributed by atoms with Crippen molar-refractivity contribution in [3.8, 4) is 11.5 Å². The smallest absolute Gasteiger partial charge is 0.177 e. The summed E-state index contributed by atoms with van der Waals surface area (Å²) in [6, 6.07) is 1.83. The lowest BCUT2D eigenvalue weighted by molar-refractivity contribution is 0.0992. The third kappa shape index (κ3) is 2.58. The van der Waals surface area contributed by atoms with Crippen LogP contribution in [0.2, 0.25) is 0 Å². The fourth-order valence-corrected chi connectivity index (χ4v) is 2.01. The summed E-state index contributed by atoms with van der Waals surface area (Å²) in [6.45, 7) is 4.09. The molecule has 0 heterocycles. The number of carbonyl (C=O) groups excluding carboxylic acids is 1. The van der Waals surface area contributed by atoms with E-state index >= 15 is 0 Å². The van der Waals surface area contributed by atoms with E-state index in [2.05, 4.69) is 5.32 Å². The van der Waals surface area contributed by atoms with Crippen LogP contribution in [0.1, 0.15) is 21.5 Å². The number of aryl methyl sites for hydroxylation is 1. The molecule has 17 heavy (non-hydrogen) atoms. The molecule has 0 unspecified atom stereocenters. The number of nitrogens with one attached hydrogen (secondary N) is 1. The van der Waals surface area contributed by atoms with Gasteiger partial charge in [-0.2, -0.15) is 0 Å². The topological polar surface area (TPSA) is 47.6 Å². The number of carbonyl (C=O) groups is 1. The second-order valence-electron chi connectivity index (χ2n) is 3.88. The first-order chi connectivity index (χ1) is 8.06. The van der Waals surface area contributed by atoms with Crippen LogP contribution in [0.3, 0.4) is 0 Å². The first-order valence-electron chi connectivity index (χ1n) is 5.46. The summed E-state index contributed by atoms with van der Waals surface area (Å²) in [4.78, 5) is 12.0. The van der Waals surface area contributed by atoms with Crippen molar-refractivity contribution < 1.29 is 14.3 Å². The standard InChI is InChI=1S/C13H19NO3/c1-8-6-11(16-4)13(17-5)9(2)12(8)10(15)7-14-3/h6,14H,7H2,1-5H3. The molecule has 0 amide bonds. The highest BCUT2D eigenvalue weighted by atomic mass is 16.5. The van der Waals surface area contributed by atoms with Crippen LogP contribution in [0, 0.1) is 13.8 Å². The molecule has 4 heteroatoms. The van der Waals surface area contributed by atoms with Gasteiger partial charge in [0.25, 0.3) is 0 Å². The Morgan fingerprint density at radius 2 is 1.94 bits per heavy atom. The zero-order chi connectivity index (χ0) is 13.0. The predicted octanol–water partition coefficient (Wildman–Crippen LogP) is 1.72. The number of hydrogen-bond donors (Lipinski definition) is 1. The third-order valence-corrected chi connectivity index (χ3v) is 2.72. The Morgan fingerprint density at radius 3 is 2.41 bits per heavy atom. The maximum Gasteiger partial charge on any atom is 0.177 e. The lowest BCUT2D eigenvalue weighted by Crippen LogP contribution is -2.20. The molecule has 0 saturated heterocycles. The van der Waals surface area contributed by atoms with Crippen LogP contribution in [0.25, 0.3) is 0 Å². The van der Waals surface area contributed by atoms with Crippen LogP contribution in [0.15, 0.2) is 6.07 Å². The van der Waals surface area contributed by atoms with Gasteiger partial charge in [0, 0.05) is 11.1 Å². The number of benzene rings is 1. The van der Waals surface area contributed by atoms with Crippen molar-refractivity contribution in [3.63, 3.8) is 0 Å². The number of ether oxygens (including phenoxy) is 2. The average Bonchev–Trinajstić information content (AvgIpc) is 2.28. The van der Waals surface area contributed by atoms with E-state index in [1.807, 2.05) is 19.9 Å². The molecular formula is C13H19NO3. The lowest BCUT2D eigenvalue weighted by Gasteiger charge is -2.16. The van der Waals surface area contributed by atoms with Gasteiger partial charge < -0.3 is 14.8 Å². The minimum atomic E-state index is 0.0588. The number of rotatable bonds is 5. The molecule has 1 rings (SSSR count). The maximum absolute atomic E-state index is 12.0. The second kappa shape index (κ2) is 5.68. The Hall–Kier alpha value is -1.55. The SMILES string of the molecule is CNCC(=O)c1c(C)cc(OC)c(OC)c1C. The van der Waals surface area contributed by atoms with Crippen molar-refractivity contribution in [2.75, 3.05) is 27.8 Å². The van der Waals surface area contributed by atoms with Gasteiger partial charge in [-0.05, 0) is 32.5 Å². The minimum absolute atomic E-state index is 0.0588. The fourth-order valence-electron chi connectivity index (χ4n) is 2.01. The fraction of sp³-hybridized carbons (Fsp3) is 0.462. The van der Waals surface area contributed by atoms with E-state index in [1.54, 1.807) is 21.3 Å².